The van der Waals surface area contributed by atoms with Crippen LogP contribution in [0.1, 0.15) is 18.4 Å². The van der Waals surface area contributed by atoms with Crippen molar-refractivity contribution < 1.29 is 19.0 Å². The van der Waals surface area contributed by atoms with Crippen molar-refractivity contribution in [3.05, 3.63) is 90.5 Å². The van der Waals surface area contributed by atoms with Gasteiger partial charge in [-0.2, -0.15) is 0 Å². The monoisotopic (exact) mass is 494 g/mol. The van der Waals surface area contributed by atoms with Gasteiger partial charge in [0.15, 0.2) is 0 Å². The summed E-state index contributed by atoms with van der Waals surface area (Å²) < 4.78 is 17.2. The first-order chi connectivity index (χ1) is 18.1. The van der Waals surface area contributed by atoms with E-state index in [0.29, 0.717) is 5.75 Å². The van der Waals surface area contributed by atoms with E-state index in [9.17, 15) is 4.79 Å². The van der Waals surface area contributed by atoms with Gasteiger partial charge in [-0.25, -0.2) is 5.01 Å². The predicted octanol–water partition coefficient (Wildman–Crippen LogP) is 6.46. The van der Waals surface area contributed by atoms with E-state index in [1.165, 1.54) is 0 Å². The van der Waals surface area contributed by atoms with Crippen molar-refractivity contribution in [2.45, 2.75) is 12.8 Å². The molecule has 0 atom stereocenters. The molecule has 1 aliphatic heterocycles. The Morgan fingerprint density at radius 2 is 1.49 bits per heavy atom. The Kier molecular flexibility index (Phi) is 7.38. The maximum Gasteiger partial charge on any atom is 0.258 e. The molecule has 6 heteroatoms. The van der Waals surface area contributed by atoms with Crippen LogP contribution in [0, 0.1) is 0 Å². The third-order valence-corrected chi connectivity index (χ3v) is 6.48. The zero-order valence-corrected chi connectivity index (χ0v) is 21.1. The first-order valence-electron chi connectivity index (χ1n) is 12.4. The molecular formula is C31H30N2O4. The van der Waals surface area contributed by atoms with Crippen molar-refractivity contribution >= 4 is 22.8 Å². The number of benzene rings is 4. The Balaban J connectivity index is 1.41. The minimum absolute atomic E-state index is 0.113. The molecule has 1 fully saturated rings. The SMILES string of the molecule is COc1ccc(-c2ccc3cc(OC)ccc3c2Oc2ccc(C=CC(=O)NN3CCCC3)cc2)cc1. The summed E-state index contributed by atoms with van der Waals surface area (Å²) in [5.74, 6) is 2.95. The van der Waals surface area contributed by atoms with E-state index >= 15 is 0 Å². The lowest BCUT2D eigenvalue weighted by Gasteiger charge is -2.16. The molecule has 1 heterocycles. The van der Waals surface area contributed by atoms with Crippen LogP contribution in [0.25, 0.3) is 28.0 Å². The van der Waals surface area contributed by atoms with E-state index in [4.69, 9.17) is 14.2 Å². The lowest BCUT2D eigenvalue weighted by atomic mass is 9.99. The van der Waals surface area contributed by atoms with E-state index in [-0.39, 0.29) is 5.91 Å². The van der Waals surface area contributed by atoms with Gasteiger partial charge in [-0.3, -0.25) is 10.2 Å². The zero-order valence-electron chi connectivity index (χ0n) is 21.1. The number of hydrazine groups is 1. The van der Waals surface area contributed by atoms with E-state index in [2.05, 4.69) is 17.6 Å². The molecule has 1 N–H and O–H groups in total. The zero-order chi connectivity index (χ0) is 25.6. The molecule has 0 aliphatic carbocycles. The highest BCUT2D eigenvalue weighted by molar-refractivity contribution is 5.96. The fourth-order valence-corrected chi connectivity index (χ4v) is 4.47. The summed E-state index contributed by atoms with van der Waals surface area (Å²) in [6, 6.07) is 25.7. The van der Waals surface area contributed by atoms with Crippen molar-refractivity contribution in [2.24, 2.45) is 0 Å². The predicted molar refractivity (Wildman–Crippen MR) is 147 cm³/mol. The van der Waals surface area contributed by atoms with Crippen molar-refractivity contribution in [1.29, 1.82) is 0 Å². The highest BCUT2D eigenvalue weighted by atomic mass is 16.5. The van der Waals surface area contributed by atoms with Gasteiger partial charge in [-0.05, 0) is 84.0 Å². The van der Waals surface area contributed by atoms with Crippen LogP contribution in [0.2, 0.25) is 0 Å². The van der Waals surface area contributed by atoms with Crippen molar-refractivity contribution in [3.63, 3.8) is 0 Å². The summed E-state index contributed by atoms with van der Waals surface area (Å²) in [6.45, 7) is 1.82. The molecule has 0 spiro atoms. The van der Waals surface area contributed by atoms with Gasteiger partial charge in [0.05, 0.1) is 14.2 Å². The molecule has 0 aromatic heterocycles. The number of fused-ring (bicyclic) bond motifs is 1. The number of carbonyl (C=O) groups is 1. The average molecular weight is 495 g/mol. The largest absolute Gasteiger partial charge is 0.497 e. The summed E-state index contributed by atoms with van der Waals surface area (Å²) in [5, 5.41) is 3.97. The van der Waals surface area contributed by atoms with Crippen molar-refractivity contribution in [1.82, 2.24) is 10.4 Å². The molecule has 188 valence electrons. The number of nitrogens with one attached hydrogen (secondary N) is 1. The van der Waals surface area contributed by atoms with Gasteiger partial charge >= 0.3 is 0 Å². The van der Waals surface area contributed by atoms with Gasteiger partial charge in [0.25, 0.3) is 5.91 Å². The Morgan fingerprint density at radius 1 is 0.811 bits per heavy atom. The van der Waals surface area contributed by atoms with Gasteiger partial charge in [0.2, 0.25) is 0 Å². The van der Waals surface area contributed by atoms with Crippen molar-refractivity contribution in [2.75, 3.05) is 27.3 Å². The molecule has 1 amide bonds. The minimum Gasteiger partial charge on any atom is -0.497 e. The number of rotatable bonds is 8. The average Bonchev–Trinajstić information content (AvgIpc) is 3.45. The van der Waals surface area contributed by atoms with Crippen LogP contribution in [0.4, 0.5) is 0 Å². The van der Waals surface area contributed by atoms with E-state index in [1.807, 2.05) is 77.8 Å². The molecule has 6 nitrogen and oxygen atoms in total. The summed E-state index contributed by atoms with van der Waals surface area (Å²) >= 11 is 0. The summed E-state index contributed by atoms with van der Waals surface area (Å²) in [7, 11) is 3.32. The summed E-state index contributed by atoms with van der Waals surface area (Å²) in [4.78, 5) is 12.2. The molecule has 0 bridgehead atoms. The van der Waals surface area contributed by atoms with Crippen LogP contribution in [0.3, 0.4) is 0 Å². The Bertz CT molecular complexity index is 1410. The third-order valence-electron chi connectivity index (χ3n) is 6.48. The smallest absolute Gasteiger partial charge is 0.258 e. The molecular weight excluding hydrogens is 464 g/mol. The Morgan fingerprint density at radius 3 is 2.19 bits per heavy atom. The number of methoxy groups -OCH3 is 2. The van der Waals surface area contributed by atoms with Crippen LogP contribution in [0.5, 0.6) is 23.0 Å². The number of carbonyl (C=O) groups excluding carboxylic acids is 1. The van der Waals surface area contributed by atoms with Crippen LogP contribution in [0.15, 0.2) is 84.9 Å². The van der Waals surface area contributed by atoms with Gasteiger partial charge in [-0.1, -0.05) is 30.3 Å². The fourth-order valence-electron chi connectivity index (χ4n) is 4.47. The van der Waals surface area contributed by atoms with Gasteiger partial charge in [0.1, 0.15) is 23.0 Å². The summed E-state index contributed by atoms with van der Waals surface area (Å²) in [6.07, 6.45) is 5.61. The lowest BCUT2D eigenvalue weighted by molar-refractivity contribution is -0.120. The minimum atomic E-state index is -0.113. The highest BCUT2D eigenvalue weighted by Crippen LogP contribution is 2.41. The molecule has 0 saturated carbocycles. The molecule has 4 aromatic carbocycles. The molecule has 5 rings (SSSR count). The van der Waals surface area contributed by atoms with E-state index in [1.54, 1.807) is 20.3 Å². The maximum absolute atomic E-state index is 12.2. The van der Waals surface area contributed by atoms with Gasteiger partial charge in [0, 0.05) is 30.1 Å². The standard InChI is InChI=1S/C31H30N2O4/c1-35-25-13-8-23(9-14-25)28-16-10-24-21-27(36-2)15-17-29(24)31(28)37-26-11-5-22(6-12-26)7-18-30(34)32-33-19-3-4-20-33/h5-18,21H,3-4,19-20H2,1-2H3,(H,32,34). The number of amides is 1. The quantitative estimate of drug-likeness (QED) is 0.285. The third kappa shape index (κ3) is 5.76. The maximum atomic E-state index is 12.2. The van der Waals surface area contributed by atoms with Crippen LogP contribution < -0.4 is 19.6 Å². The van der Waals surface area contributed by atoms with Gasteiger partial charge in [-0.15, -0.1) is 0 Å². The molecule has 1 aliphatic rings. The Hall–Kier alpha value is -4.29. The van der Waals surface area contributed by atoms with E-state index < -0.39 is 0 Å². The topological polar surface area (TPSA) is 60.0 Å². The normalized spacial score (nSPS) is 13.7. The molecule has 1 saturated heterocycles. The first-order valence-corrected chi connectivity index (χ1v) is 12.4. The lowest BCUT2D eigenvalue weighted by Crippen LogP contribution is -2.38. The van der Waals surface area contributed by atoms with Crippen molar-refractivity contribution in [3.8, 4) is 34.1 Å². The molecule has 37 heavy (non-hydrogen) atoms. The number of ether oxygens (including phenoxy) is 3. The second-order valence-corrected chi connectivity index (χ2v) is 8.93. The van der Waals surface area contributed by atoms with Gasteiger partial charge < -0.3 is 14.2 Å². The Labute approximate surface area is 217 Å². The first kappa shape index (κ1) is 24.4. The highest BCUT2D eigenvalue weighted by Gasteiger charge is 2.14. The van der Waals surface area contributed by atoms with Crippen LogP contribution in [-0.4, -0.2) is 38.2 Å². The number of hydrogen-bond donors (Lipinski definition) is 1. The molecule has 0 unspecified atom stereocenters. The summed E-state index contributed by atoms with van der Waals surface area (Å²) in [5.41, 5.74) is 5.83. The number of hydrogen-bond acceptors (Lipinski definition) is 5. The number of nitrogens with zero attached hydrogens (tertiary/aromatic N) is 1. The molecule has 0 radical (unpaired) electrons. The van der Waals surface area contributed by atoms with E-state index in [0.717, 1.165) is 70.6 Å². The fraction of sp³-hybridized carbons (Fsp3) is 0.194. The van der Waals surface area contributed by atoms with Crippen LogP contribution >= 0.6 is 0 Å². The second-order valence-electron chi connectivity index (χ2n) is 8.93. The second kappa shape index (κ2) is 11.2. The molecule has 4 aromatic rings. The van der Waals surface area contributed by atoms with Crippen LogP contribution in [-0.2, 0) is 4.79 Å².